The Bertz CT molecular complexity index is 434. The van der Waals surface area contributed by atoms with Crippen molar-refractivity contribution in [1.82, 2.24) is 9.97 Å². The standard InChI is InChI=1S/C10H12F4N4/c11-9(12)10(13,14)4-16-7-3-6(15)17-8(18-7)5-1-2-5/h3,5,9H,1-2,4H2,(H3,15,16,17,18). The van der Waals surface area contributed by atoms with Gasteiger partial charge in [0.25, 0.3) is 0 Å². The molecular formula is C10H12F4N4. The third-order valence-electron chi connectivity index (χ3n) is 2.53. The van der Waals surface area contributed by atoms with Crippen molar-refractivity contribution in [3.63, 3.8) is 0 Å². The van der Waals surface area contributed by atoms with E-state index in [1.54, 1.807) is 0 Å². The van der Waals surface area contributed by atoms with Gasteiger partial charge in [0.05, 0.1) is 6.54 Å². The van der Waals surface area contributed by atoms with Crippen LogP contribution in [0.15, 0.2) is 6.07 Å². The molecule has 1 heterocycles. The molecule has 8 heteroatoms. The van der Waals surface area contributed by atoms with Crippen LogP contribution in [0, 0.1) is 0 Å². The molecule has 1 aliphatic carbocycles. The highest BCUT2D eigenvalue weighted by Gasteiger charge is 2.40. The monoisotopic (exact) mass is 264 g/mol. The fraction of sp³-hybridized carbons (Fsp3) is 0.600. The van der Waals surface area contributed by atoms with Crippen LogP contribution in [0.25, 0.3) is 0 Å². The van der Waals surface area contributed by atoms with Crippen LogP contribution in [-0.4, -0.2) is 28.9 Å². The largest absolute Gasteiger partial charge is 0.384 e. The van der Waals surface area contributed by atoms with Gasteiger partial charge in [-0.05, 0) is 12.8 Å². The molecule has 0 aliphatic heterocycles. The predicted octanol–water partition coefficient (Wildman–Crippen LogP) is 2.25. The smallest absolute Gasteiger partial charge is 0.324 e. The van der Waals surface area contributed by atoms with Gasteiger partial charge in [0.2, 0.25) is 0 Å². The number of nitrogens with two attached hydrogens (primary N) is 1. The maximum atomic E-state index is 12.7. The molecule has 1 fully saturated rings. The van der Waals surface area contributed by atoms with Crippen molar-refractivity contribution >= 4 is 11.6 Å². The van der Waals surface area contributed by atoms with Crippen LogP contribution >= 0.6 is 0 Å². The van der Waals surface area contributed by atoms with Gasteiger partial charge in [-0.2, -0.15) is 8.78 Å². The van der Waals surface area contributed by atoms with E-state index in [9.17, 15) is 17.6 Å². The summed E-state index contributed by atoms with van der Waals surface area (Å²) >= 11 is 0. The van der Waals surface area contributed by atoms with Gasteiger partial charge in [0, 0.05) is 12.0 Å². The Morgan fingerprint density at radius 1 is 1.39 bits per heavy atom. The number of nitrogens with zero attached hydrogens (tertiary/aromatic N) is 2. The molecule has 100 valence electrons. The van der Waals surface area contributed by atoms with E-state index < -0.39 is 18.9 Å². The first-order valence-electron chi connectivity index (χ1n) is 5.43. The molecule has 0 radical (unpaired) electrons. The minimum atomic E-state index is -4.10. The average molecular weight is 264 g/mol. The van der Waals surface area contributed by atoms with E-state index in [0.29, 0.717) is 5.82 Å². The maximum absolute atomic E-state index is 12.7. The normalized spacial score (nSPS) is 16.1. The zero-order valence-electron chi connectivity index (χ0n) is 9.34. The molecule has 0 unspecified atom stereocenters. The SMILES string of the molecule is Nc1cc(NCC(F)(F)C(F)F)nc(C2CC2)n1. The van der Waals surface area contributed by atoms with Crippen LogP contribution in [0.4, 0.5) is 29.2 Å². The summed E-state index contributed by atoms with van der Waals surface area (Å²) in [6.45, 7) is -1.19. The summed E-state index contributed by atoms with van der Waals surface area (Å²) in [4.78, 5) is 7.94. The molecule has 4 nitrogen and oxygen atoms in total. The summed E-state index contributed by atoms with van der Waals surface area (Å²) in [5.74, 6) is -3.25. The second-order valence-electron chi connectivity index (χ2n) is 4.23. The van der Waals surface area contributed by atoms with E-state index in [4.69, 9.17) is 5.73 Å². The number of hydrogen-bond donors (Lipinski definition) is 2. The van der Waals surface area contributed by atoms with Gasteiger partial charge in [-0.25, -0.2) is 18.7 Å². The van der Waals surface area contributed by atoms with Crippen molar-refractivity contribution in [1.29, 1.82) is 0 Å². The average Bonchev–Trinajstić information content (AvgIpc) is 3.09. The van der Waals surface area contributed by atoms with Crippen molar-refractivity contribution in [3.8, 4) is 0 Å². The van der Waals surface area contributed by atoms with Gasteiger partial charge in [-0.15, -0.1) is 0 Å². The molecule has 0 atom stereocenters. The molecule has 1 aromatic heterocycles. The Hall–Kier alpha value is -1.60. The lowest BCUT2D eigenvalue weighted by atomic mass is 10.3. The van der Waals surface area contributed by atoms with Gasteiger partial charge in [-0.1, -0.05) is 0 Å². The highest BCUT2D eigenvalue weighted by atomic mass is 19.3. The van der Waals surface area contributed by atoms with Gasteiger partial charge in [-0.3, -0.25) is 0 Å². The molecule has 1 aromatic rings. The number of alkyl halides is 4. The molecule has 1 saturated carbocycles. The molecule has 3 N–H and O–H groups in total. The van der Waals surface area contributed by atoms with Crippen LogP contribution in [-0.2, 0) is 0 Å². The molecule has 18 heavy (non-hydrogen) atoms. The van der Waals surface area contributed by atoms with Gasteiger partial charge in [0.1, 0.15) is 17.5 Å². The zero-order chi connectivity index (χ0) is 13.3. The van der Waals surface area contributed by atoms with Crippen molar-refractivity contribution < 1.29 is 17.6 Å². The van der Waals surface area contributed by atoms with E-state index in [1.807, 2.05) is 0 Å². The summed E-state index contributed by atoms with van der Waals surface area (Å²) in [6, 6.07) is 1.24. The molecule has 0 saturated heterocycles. The summed E-state index contributed by atoms with van der Waals surface area (Å²) in [6.07, 6.45) is -1.86. The lowest BCUT2D eigenvalue weighted by Gasteiger charge is -2.16. The first kappa shape index (κ1) is 12.8. The topological polar surface area (TPSA) is 63.8 Å². The minimum Gasteiger partial charge on any atom is -0.384 e. The molecule has 0 spiro atoms. The van der Waals surface area contributed by atoms with Gasteiger partial charge >= 0.3 is 12.3 Å². The third-order valence-corrected chi connectivity index (χ3v) is 2.53. The molecule has 1 aliphatic rings. The highest BCUT2D eigenvalue weighted by Crippen LogP contribution is 2.38. The molecule has 0 bridgehead atoms. The Morgan fingerprint density at radius 3 is 2.61 bits per heavy atom. The number of halogens is 4. The fourth-order valence-electron chi connectivity index (χ4n) is 1.39. The van der Waals surface area contributed by atoms with Crippen LogP contribution in [0.2, 0.25) is 0 Å². The third kappa shape index (κ3) is 2.99. The predicted molar refractivity (Wildman–Crippen MR) is 57.9 cm³/mol. The number of nitrogens with one attached hydrogen (secondary N) is 1. The van der Waals surface area contributed by atoms with Crippen LogP contribution < -0.4 is 11.1 Å². The molecule has 0 amide bonds. The molecule has 0 aromatic carbocycles. The second kappa shape index (κ2) is 4.58. The van der Waals surface area contributed by atoms with Gasteiger partial charge < -0.3 is 11.1 Å². The summed E-state index contributed by atoms with van der Waals surface area (Å²) in [7, 11) is 0. The van der Waals surface area contributed by atoms with Crippen LogP contribution in [0.1, 0.15) is 24.6 Å². The van der Waals surface area contributed by atoms with Gasteiger partial charge in [0.15, 0.2) is 0 Å². The highest BCUT2D eigenvalue weighted by molar-refractivity contribution is 5.45. The lowest BCUT2D eigenvalue weighted by Crippen LogP contribution is -2.35. The Balaban J connectivity index is 2.05. The van der Waals surface area contributed by atoms with Crippen molar-refractivity contribution in [2.45, 2.75) is 31.1 Å². The van der Waals surface area contributed by atoms with Crippen LogP contribution in [0.5, 0.6) is 0 Å². The quantitative estimate of drug-likeness (QED) is 0.801. The number of nitrogen functional groups attached to an aromatic ring is 1. The number of anilines is 2. The Labute approximate surface area is 101 Å². The minimum absolute atomic E-state index is 0.0460. The molecular weight excluding hydrogens is 252 g/mol. The number of rotatable bonds is 5. The van der Waals surface area contributed by atoms with E-state index >= 15 is 0 Å². The lowest BCUT2D eigenvalue weighted by molar-refractivity contribution is -0.117. The Kier molecular flexibility index (Phi) is 3.27. The van der Waals surface area contributed by atoms with Crippen LogP contribution in [0.3, 0.4) is 0 Å². The summed E-state index contributed by atoms with van der Waals surface area (Å²) in [5, 5.41) is 2.17. The first-order chi connectivity index (χ1) is 8.38. The maximum Gasteiger partial charge on any atom is 0.324 e. The summed E-state index contributed by atoms with van der Waals surface area (Å²) in [5.41, 5.74) is 5.50. The van der Waals surface area contributed by atoms with E-state index in [2.05, 4.69) is 15.3 Å². The first-order valence-corrected chi connectivity index (χ1v) is 5.43. The van der Waals surface area contributed by atoms with Crippen molar-refractivity contribution in [3.05, 3.63) is 11.9 Å². The zero-order valence-corrected chi connectivity index (χ0v) is 9.34. The Morgan fingerprint density at radius 2 is 2.06 bits per heavy atom. The van der Waals surface area contributed by atoms with E-state index in [-0.39, 0.29) is 17.6 Å². The number of aromatic nitrogens is 2. The second-order valence-corrected chi connectivity index (χ2v) is 4.23. The number of hydrogen-bond acceptors (Lipinski definition) is 4. The molecule has 2 rings (SSSR count). The van der Waals surface area contributed by atoms with E-state index in [0.717, 1.165) is 12.8 Å². The summed E-state index contributed by atoms with van der Waals surface area (Å²) < 4.78 is 49.4. The fourth-order valence-corrected chi connectivity index (χ4v) is 1.39. The van der Waals surface area contributed by atoms with E-state index in [1.165, 1.54) is 6.07 Å². The van der Waals surface area contributed by atoms with Crippen molar-refractivity contribution in [2.24, 2.45) is 0 Å². The van der Waals surface area contributed by atoms with Crippen molar-refractivity contribution in [2.75, 3.05) is 17.6 Å².